The van der Waals surface area contributed by atoms with E-state index in [1.54, 1.807) is 12.1 Å². The van der Waals surface area contributed by atoms with E-state index < -0.39 is 74.6 Å². The molecular weight excluding hydrogens is 662 g/mol. The van der Waals surface area contributed by atoms with Gasteiger partial charge in [-0.3, -0.25) is 0 Å². The van der Waals surface area contributed by atoms with Crippen LogP contribution in [-0.4, -0.2) is 6.18 Å². The zero-order valence-corrected chi connectivity index (χ0v) is 24.9. The molecule has 0 bridgehead atoms. The van der Waals surface area contributed by atoms with Crippen molar-refractivity contribution in [3.8, 4) is 40.6 Å². The predicted octanol–water partition coefficient (Wildman–Crippen LogP) is 10.8. The van der Waals surface area contributed by atoms with Crippen molar-refractivity contribution in [2.45, 2.75) is 25.1 Å². The quantitative estimate of drug-likeness (QED) is 0.0943. The molecule has 0 radical (unpaired) electrons. The van der Waals surface area contributed by atoms with Crippen molar-refractivity contribution >= 4 is 10.8 Å². The van der Waals surface area contributed by atoms with Crippen LogP contribution in [0.2, 0.25) is 0 Å². The van der Waals surface area contributed by atoms with Gasteiger partial charge in [0.2, 0.25) is 0 Å². The lowest BCUT2D eigenvalue weighted by atomic mass is 10.00. The first-order valence-electron chi connectivity index (χ1n) is 14.2. The second kappa shape index (κ2) is 13.8. The van der Waals surface area contributed by atoms with E-state index >= 15 is 22.0 Å². The topological polar surface area (TPSA) is 9.23 Å². The molecule has 0 aliphatic heterocycles. The summed E-state index contributed by atoms with van der Waals surface area (Å²) in [5.41, 5.74) is -1.73. The molecule has 0 unspecified atom stereocenters. The molecule has 0 spiro atoms. The highest BCUT2D eigenvalue weighted by molar-refractivity contribution is 5.86. The Morgan fingerprint density at radius 2 is 1.33 bits per heavy atom. The van der Waals surface area contributed by atoms with E-state index in [4.69, 9.17) is 0 Å². The second-order valence-electron chi connectivity index (χ2n) is 10.6. The summed E-state index contributed by atoms with van der Waals surface area (Å²) in [4.78, 5) is 0. The van der Waals surface area contributed by atoms with Crippen molar-refractivity contribution in [3.63, 3.8) is 0 Å². The number of hydrogen-bond donors (Lipinski definition) is 0. The monoisotopic (exact) mass is 682 g/mol. The highest BCUT2D eigenvalue weighted by Gasteiger charge is 2.41. The number of fused-ring (bicyclic) bond motifs is 1. The molecule has 1 nitrogen and oxygen atoms in total. The Morgan fingerprint density at radius 3 is 1.96 bits per heavy atom. The number of benzene rings is 5. The molecule has 0 saturated heterocycles. The summed E-state index contributed by atoms with van der Waals surface area (Å²) < 4.78 is 146. The average molecular weight is 683 g/mol. The number of halogens is 10. The van der Waals surface area contributed by atoms with Crippen LogP contribution >= 0.6 is 0 Å². The number of ether oxygens (including phenoxy) is 1. The van der Waals surface area contributed by atoms with E-state index in [0.29, 0.717) is 29.8 Å². The lowest BCUT2D eigenvalue weighted by Crippen LogP contribution is -2.25. The van der Waals surface area contributed by atoms with Crippen molar-refractivity contribution in [2.24, 2.45) is 0 Å². The van der Waals surface area contributed by atoms with Crippen LogP contribution in [0.3, 0.4) is 0 Å². The van der Waals surface area contributed by atoms with Crippen LogP contribution in [0.25, 0.3) is 21.9 Å². The molecular formula is C38H20F10O. The minimum Gasteiger partial charge on any atom is -0.429 e. The summed E-state index contributed by atoms with van der Waals surface area (Å²) in [6.45, 7) is 3.68. The van der Waals surface area contributed by atoms with E-state index in [1.165, 1.54) is 18.1 Å². The Labute approximate surface area is 273 Å². The van der Waals surface area contributed by atoms with Crippen LogP contribution in [0.15, 0.2) is 91.5 Å². The maximum Gasteiger partial charge on any atom is 0.458 e. The fourth-order valence-corrected chi connectivity index (χ4v) is 4.82. The average Bonchev–Trinajstić information content (AvgIpc) is 3.02. The molecule has 0 saturated carbocycles. The molecule has 5 rings (SSSR count). The second-order valence-corrected chi connectivity index (χ2v) is 10.6. The van der Waals surface area contributed by atoms with Crippen molar-refractivity contribution in [1.82, 2.24) is 0 Å². The van der Waals surface area contributed by atoms with Gasteiger partial charge in [-0.1, -0.05) is 42.0 Å². The van der Waals surface area contributed by atoms with Crippen molar-refractivity contribution in [3.05, 3.63) is 148 Å². The van der Waals surface area contributed by atoms with E-state index in [9.17, 15) is 22.0 Å². The SMILES string of the molecule is C=CCCc1ccc(C#Cc2ccc(-c3cc(F)c(C(F)(F)Oc4ccc5c(F)c(C#CC(F)(F)F)c(F)cc5c4)c(F)c3)c(F)c2)cc1. The molecule has 11 heteroatoms. The van der Waals surface area contributed by atoms with Gasteiger partial charge in [0.05, 0.1) is 5.56 Å². The Bertz CT molecular complexity index is 2170. The molecule has 0 N–H and O–H groups in total. The van der Waals surface area contributed by atoms with E-state index in [1.807, 2.05) is 18.2 Å². The van der Waals surface area contributed by atoms with Crippen LogP contribution < -0.4 is 4.74 Å². The number of rotatable bonds is 7. The van der Waals surface area contributed by atoms with Gasteiger partial charge < -0.3 is 4.74 Å². The predicted molar refractivity (Wildman–Crippen MR) is 164 cm³/mol. The third-order valence-electron chi connectivity index (χ3n) is 7.13. The lowest BCUT2D eigenvalue weighted by molar-refractivity contribution is -0.189. The van der Waals surface area contributed by atoms with Crippen molar-refractivity contribution < 1.29 is 48.6 Å². The standard InChI is InChI=1S/C38H20F10O/c1-2-3-4-22-5-7-23(8-6-22)9-10-24-11-13-28(31(39)17-24)26-20-33(41)35(34(42)21-26)38(47,48)49-27-12-14-29-25(18-27)19-32(40)30(36(29)43)15-16-37(44,45)46/h2,5-8,11-14,17-21H,1,3-4H2. The highest BCUT2D eigenvalue weighted by atomic mass is 19.4. The molecule has 5 aromatic carbocycles. The van der Waals surface area contributed by atoms with Crippen LogP contribution in [0, 0.1) is 52.8 Å². The largest absolute Gasteiger partial charge is 0.458 e. The number of alkyl halides is 5. The first-order valence-corrected chi connectivity index (χ1v) is 14.2. The summed E-state index contributed by atoms with van der Waals surface area (Å²) >= 11 is 0. The summed E-state index contributed by atoms with van der Waals surface area (Å²) in [7, 11) is 0. The van der Waals surface area contributed by atoms with E-state index in [0.717, 1.165) is 42.5 Å². The van der Waals surface area contributed by atoms with Gasteiger partial charge in [0.1, 0.15) is 40.4 Å². The summed E-state index contributed by atoms with van der Waals surface area (Å²) in [6, 6.07) is 14.8. The van der Waals surface area contributed by atoms with Gasteiger partial charge in [0.15, 0.2) is 0 Å². The fourth-order valence-electron chi connectivity index (χ4n) is 4.82. The molecule has 0 heterocycles. The number of hydrogen-bond acceptors (Lipinski definition) is 1. The number of allylic oxidation sites excluding steroid dienone is 1. The Kier molecular flexibility index (Phi) is 9.77. The van der Waals surface area contributed by atoms with Crippen LogP contribution in [0.1, 0.15) is 34.2 Å². The zero-order valence-electron chi connectivity index (χ0n) is 24.9. The first kappa shape index (κ1) is 34.6. The molecule has 0 atom stereocenters. The summed E-state index contributed by atoms with van der Waals surface area (Å²) in [5.74, 6) is -0.535. The summed E-state index contributed by atoms with van der Waals surface area (Å²) in [6.07, 6.45) is -6.26. The van der Waals surface area contributed by atoms with E-state index in [-0.39, 0.29) is 11.1 Å². The first-order chi connectivity index (χ1) is 23.1. The molecule has 0 aliphatic carbocycles. The summed E-state index contributed by atoms with van der Waals surface area (Å²) in [5, 5.41) is -0.907. The Balaban J connectivity index is 1.37. The number of aryl methyl sites for hydroxylation is 1. The Hall–Kier alpha value is -5.68. The van der Waals surface area contributed by atoms with Crippen LogP contribution in [0.5, 0.6) is 5.75 Å². The van der Waals surface area contributed by atoms with Crippen molar-refractivity contribution in [2.75, 3.05) is 0 Å². The van der Waals surface area contributed by atoms with Gasteiger partial charge in [-0.2, -0.15) is 22.0 Å². The molecule has 248 valence electrons. The zero-order chi connectivity index (χ0) is 35.5. The third-order valence-corrected chi connectivity index (χ3v) is 7.13. The minimum absolute atomic E-state index is 0.245. The molecule has 49 heavy (non-hydrogen) atoms. The van der Waals surface area contributed by atoms with Gasteiger partial charge in [-0.05, 0) is 90.0 Å². The van der Waals surface area contributed by atoms with Crippen molar-refractivity contribution in [1.29, 1.82) is 0 Å². The van der Waals surface area contributed by atoms with Gasteiger partial charge in [0.25, 0.3) is 0 Å². The van der Waals surface area contributed by atoms with Gasteiger partial charge in [-0.15, -0.1) is 6.58 Å². The third kappa shape index (κ3) is 8.07. The lowest BCUT2D eigenvalue weighted by Gasteiger charge is -2.20. The molecule has 0 fully saturated rings. The van der Waals surface area contributed by atoms with E-state index in [2.05, 4.69) is 23.2 Å². The molecule has 0 amide bonds. The molecule has 5 aromatic rings. The minimum atomic E-state index is -5.03. The molecule has 0 aromatic heterocycles. The maximum absolute atomic E-state index is 15.1. The molecule has 0 aliphatic rings. The van der Waals surface area contributed by atoms with Gasteiger partial charge >= 0.3 is 12.3 Å². The Morgan fingerprint density at radius 1 is 0.673 bits per heavy atom. The van der Waals surface area contributed by atoms with Gasteiger partial charge in [0, 0.05) is 28.0 Å². The normalized spacial score (nSPS) is 11.4. The maximum atomic E-state index is 15.1. The fraction of sp³-hybridized carbons (Fsp3) is 0.105. The van der Waals surface area contributed by atoms with Crippen LogP contribution in [0.4, 0.5) is 43.9 Å². The highest BCUT2D eigenvalue weighted by Crippen LogP contribution is 2.38. The van der Waals surface area contributed by atoms with Crippen LogP contribution in [-0.2, 0) is 12.5 Å². The van der Waals surface area contributed by atoms with Gasteiger partial charge in [-0.25, -0.2) is 22.0 Å². The smallest absolute Gasteiger partial charge is 0.429 e.